The second-order valence-corrected chi connectivity index (χ2v) is 7.60. The van der Waals surface area contributed by atoms with Gasteiger partial charge in [0, 0.05) is 12.0 Å². The summed E-state index contributed by atoms with van der Waals surface area (Å²) in [7, 11) is 0. The van der Waals surface area contributed by atoms with E-state index >= 15 is 0 Å². The van der Waals surface area contributed by atoms with E-state index in [0.717, 1.165) is 68.4 Å². The molecule has 24 heavy (non-hydrogen) atoms. The number of amides is 3. The summed E-state index contributed by atoms with van der Waals surface area (Å²) in [5.74, 6) is 1.06. The number of nitrogens with one attached hydrogen (secondary N) is 1. The molecule has 2 heterocycles. The predicted molar refractivity (Wildman–Crippen MR) is 87.2 cm³/mol. The zero-order valence-electron chi connectivity index (χ0n) is 14.3. The molecule has 1 saturated heterocycles. The lowest BCUT2D eigenvalue weighted by molar-refractivity contribution is -0.133. The van der Waals surface area contributed by atoms with Gasteiger partial charge in [0.1, 0.15) is 17.0 Å². The lowest BCUT2D eigenvalue weighted by Crippen LogP contribution is -2.51. The summed E-state index contributed by atoms with van der Waals surface area (Å²) in [6, 6.07) is -0.291. The Morgan fingerprint density at radius 3 is 2.71 bits per heavy atom. The number of hydrogen-bond donors (Lipinski definition) is 1. The van der Waals surface area contributed by atoms with E-state index in [-0.39, 0.29) is 24.4 Å². The molecule has 3 aliphatic rings. The van der Waals surface area contributed by atoms with Crippen molar-refractivity contribution in [3.63, 3.8) is 0 Å². The summed E-state index contributed by atoms with van der Waals surface area (Å²) >= 11 is 0. The molecule has 2 fully saturated rings. The largest absolute Gasteiger partial charge is 0.361 e. The van der Waals surface area contributed by atoms with Gasteiger partial charge in [-0.25, -0.2) is 4.79 Å². The standard InChI is InChI=1S/C18H25N3O3/c1-18(12-7-3-2-4-8-12)16(22)21(17(23)19-18)11-14-13-9-5-6-10-15(13)24-20-14/h12H,2-11H2,1H3,(H,19,23). The summed E-state index contributed by atoms with van der Waals surface area (Å²) in [6.45, 7) is 2.12. The fourth-order valence-electron chi connectivity index (χ4n) is 4.54. The second-order valence-electron chi connectivity index (χ2n) is 7.60. The van der Waals surface area contributed by atoms with E-state index in [9.17, 15) is 9.59 Å². The molecule has 0 radical (unpaired) electrons. The molecule has 0 spiro atoms. The maximum absolute atomic E-state index is 13.0. The highest BCUT2D eigenvalue weighted by molar-refractivity contribution is 6.06. The number of nitrogens with zero attached hydrogens (tertiary/aromatic N) is 2. The molecule has 0 bridgehead atoms. The minimum atomic E-state index is -0.763. The van der Waals surface area contributed by atoms with Crippen LogP contribution in [0.5, 0.6) is 0 Å². The Labute approximate surface area is 141 Å². The van der Waals surface area contributed by atoms with Crippen LogP contribution < -0.4 is 5.32 Å². The monoisotopic (exact) mass is 331 g/mol. The van der Waals surface area contributed by atoms with Gasteiger partial charge in [-0.3, -0.25) is 9.69 Å². The van der Waals surface area contributed by atoms with Crippen molar-refractivity contribution < 1.29 is 14.1 Å². The van der Waals surface area contributed by atoms with Gasteiger partial charge in [-0.05, 0) is 44.9 Å². The lowest BCUT2D eigenvalue weighted by Gasteiger charge is -2.34. The van der Waals surface area contributed by atoms with Crippen molar-refractivity contribution in [2.45, 2.75) is 76.8 Å². The topological polar surface area (TPSA) is 75.4 Å². The first kappa shape index (κ1) is 15.7. The molecule has 0 aromatic carbocycles. The molecular weight excluding hydrogens is 306 g/mol. The average Bonchev–Trinajstić information content (AvgIpc) is 3.11. The van der Waals surface area contributed by atoms with Crippen LogP contribution in [0.15, 0.2) is 4.52 Å². The summed E-state index contributed by atoms with van der Waals surface area (Å²) in [5.41, 5.74) is 1.09. The van der Waals surface area contributed by atoms with E-state index in [1.807, 2.05) is 6.92 Å². The van der Waals surface area contributed by atoms with E-state index < -0.39 is 5.54 Å². The van der Waals surface area contributed by atoms with Crippen LogP contribution in [-0.2, 0) is 24.2 Å². The minimum Gasteiger partial charge on any atom is -0.361 e. The molecule has 6 heteroatoms. The Bertz CT molecular complexity index is 662. The van der Waals surface area contributed by atoms with Gasteiger partial charge in [0.25, 0.3) is 5.91 Å². The van der Waals surface area contributed by atoms with Gasteiger partial charge in [-0.1, -0.05) is 24.4 Å². The SMILES string of the molecule is CC1(C2CCCCC2)NC(=O)N(Cc2noc3c2CCCC3)C1=O. The number of aryl methyl sites for hydroxylation is 1. The molecular formula is C18H25N3O3. The van der Waals surface area contributed by atoms with Gasteiger partial charge in [0.05, 0.1) is 6.54 Å². The number of carbonyl (C=O) groups is 2. The van der Waals surface area contributed by atoms with Gasteiger partial charge >= 0.3 is 6.03 Å². The average molecular weight is 331 g/mol. The van der Waals surface area contributed by atoms with E-state index in [1.165, 1.54) is 11.3 Å². The Kier molecular flexibility index (Phi) is 3.85. The molecule has 1 atom stereocenters. The van der Waals surface area contributed by atoms with Gasteiger partial charge in [-0.15, -0.1) is 0 Å². The summed E-state index contributed by atoms with van der Waals surface area (Å²) < 4.78 is 5.42. The summed E-state index contributed by atoms with van der Waals surface area (Å²) in [6.07, 6.45) is 9.58. The highest BCUT2D eigenvalue weighted by Crippen LogP contribution is 2.37. The van der Waals surface area contributed by atoms with Crippen molar-refractivity contribution in [2.75, 3.05) is 0 Å². The minimum absolute atomic E-state index is 0.105. The maximum Gasteiger partial charge on any atom is 0.325 e. The zero-order valence-corrected chi connectivity index (χ0v) is 14.3. The normalized spacial score (nSPS) is 28.1. The Hall–Kier alpha value is -1.85. The molecule has 1 saturated carbocycles. The van der Waals surface area contributed by atoms with Crippen molar-refractivity contribution in [1.82, 2.24) is 15.4 Å². The molecule has 1 aliphatic heterocycles. The Morgan fingerprint density at radius 1 is 1.17 bits per heavy atom. The molecule has 130 valence electrons. The van der Waals surface area contributed by atoms with Crippen molar-refractivity contribution in [3.8, 4) is 0 Å². The first-order valence-corrected chi connectivity index (χ1v) is 9.20. The molecule has 6 nitrogen and oxygen atoms in total. The highest BCUT2D eigenvalue weighted by atomic mass is 16.5. The van der Waals surface area contributed by atoms with Crippen molar-refractivity contribution in [3.05, 3.63) is 17.0 Å². The molecule has 1 unspecified atom stereocenters. The number of carbonyl (C=O) groups excluding carboxylic acids is 2. The fraction of sp³-hybridized carbons (Fsp3) is 0.722. The number of hydrogen-bond acceptors (Lipinski definition) is 4. The Balaban J connectivity index is 1.54. The third kappa shape index (κ3) is 2.43. The van der Waals surface area contributed by atoms with Crippen LogP contribution in [0.2, 0.25) is 0 Å². The van der Waals surface area contributed by atoms with Gasteiger partial charge < -0.3 is 9.84 Å². The van der Waals surface area contributed by atoms with Gasteiger partial charge in [-0.2, -0.15) is 0 Å². The van der Waals surface area contributed by atoms with E-state index in [4.69, 9.17) is 4.52 Å². The molecule has 3 amide bonds. The molecule has 1 N–H and O–H groups in total. The summed E-state index contributed by atoms with van der Waals surface area (Å²) in [5, 5.41) is 7.11. The first-order chi connectivity index (χ1) is 11.6. The Morgan fingerprint density at radius 2 is 1.92 bits per heavy atom. The van der Waals surface area contributed by atoms with Crippen molar-refractivity contribution in [2.24, 2.45) is 5.92 Å². The van der Waals surface area contributed by atoms with Crippen LogP contribution in [0.25, 0.3) is 0 Å². The van der Waals surface area contributed by atoms with E-state index in [2.05, 4.69) is 10.5 Å². The molecule has 1 aromatic rings. The van der Waals surface area contributed by atoms with Crippen LogP contribution >= 0.6 is 0 Å². The van der Waals surface area contributed by atoms with Crippen molar-refractivity contribution >= 4 is 11.9 Å². The lowest BCUT2D eigenvalue weighted by atomic mass is 9.75. The third-order valence-electron chi connectivity index (χ3n) is 6.06. The van der Waals surface area contributed by atoms with Gasteiger partial charge in [0.15, 0.2) is 0 Å². The van der Waals surface area contributed by atoms with Crippen LogP contribution in [0.4, 0.5) is 4.79 Å². The molecule has 2 aliphatic carbocycles. The predicted octanol–water partition coefficient (Wildman–Crippen LogP) is 2.94. The number of aromatic nitrogens is 1. The van der Waals surface area contributed by atoms with Crippen molar-refractivity contribution in [1.29, 1.82) is 0 Å². The van der Waals surface area contributed by atoms with Crippen LogP contribution in [-0.4, -0.2) is 27.5 Å². The van der Waals surface area contributed by atoms with E-state index in [0.29, 0.717) is 0 Å². The van der Waals surface area contributed by atoms with Crippen LogP contribution in [0.1, 0.15) is 68.9 Å². The number of fused-ring (bicyclic) bond motifs is 1. The number of rotatable bonds is 3. The summed E-state index contributed by atoms with van der Waals surface area (Å²) in [4.78, 5) is 26.8. The van der Waals surface area contributed by atoms with Crippen LogP contribution in [0.3, 0.4) is 0 Å². The van der Waals surface area contributed by atoms with Gasteiger partial charge in [0.2, 0.25) is 0 Å². The highest BCUT2D eigenvalue weighted by Gasteiger charge is 2.52. The maximum atomic E-state index is 13.0. The number of urea groups is 1. The van der Waals surface area contributed by atoms with E-state index in [1.54, 1.807) is 0 Å². The quantitative estimate of drug-likeness (QED) is 0.864. The first-order valence-electron chi connectivity index (χ1n) is 9.20. The van der Waals surface area contributed by atoms with Crippen LogP contribution in [0, 0.1) is 5.92 Å². The number of imide groups is 1. The molecule has 4 rings (SSSR count). The molecule has 1 aromatic heterocycles. The second kappa shape index (κ2) is 5.90. The third-order valence-corrected chi connectivity index (χ3v) is 6.06. The fourth-order valence-corrected chi connectivity index (χ4v) is 4.54. The smallest absolute Gasteiger partial charge is 0.325 e. The zero-order chi connectivity index (χ0) is 16.7.